The van der Waals surface area contributed by atoms with Gasteiger partial charge in [0.25, 0.3) is 0 Å². The Morgan fingerprint density at radius 3 is 2.33 bits per heavy atom. The number of hydrogen-bond donors (Lipinski definition) is 1. The lowest BCUT2D eigenvalue weighted by Crippen LogP contribution is -2.60. The third kappa shape index (κ3) is 5.85. The summed E-state index contributed by atoms with van der Waals surface area (Å²) in [6, 6.07) is 8.74. The molecule has 4 rings (SSSR count). The van der Waals surface area contributed by atoms with Crippen LogP contribution in [0.25, 0.3) is 0 Å². The summed E-state index contributed by atoms with van der Waals surface area (Å²) in [5.41, 5.74) is 0.228. The van der Waals surface area contributed by atoms with Gasteiger partial charge in [-0.15, -0.1) is 24.9 Å². The summed E-state index contributed by atoms with van der Waals surface area (Å²) >= 11 is 5.52. The van der Waals surface area contributed by atoms with E-state index in [2.05, 4.69) is 63.7 Å². The van der Waals surface area contributed by atoms with Crippen molar-refractivity contribution >= 4 is 51.1 Å². The molecular formula is C33H46BrN3O4S. The first kappa shape index (κ1) is 32.8. The number of aliphatic hydroxyl groups is 1. The molecule has 1 spiro atoms. The van der Waals surface area contributed by atoms with Crippen LogP contribution >= 0.6 is 27.7 Å². The largest absolute Gasteiger partial charge is 0.396 e. The van der Waals surface area contributed by atoms with Crippen LogP contribution < -0.4 is 4.90 Å². The van der Waals surface area contributed by atoms with Crippen LogP contribution in [-0.2, 0) is 14.4 Å². The number of hydrogen-bond acceptors (Lipinski definition) is 5. The molecule has 6 atom stereocenters. The minimum atomic E-state index is -0.753. The fourth-order valence-electron chi connectivity index (χ4n) is 7.72. The summed E-state index contributed by atoms with van der Waals surface area (Å²) in [5, 5.41) is 9.59. The number of nitrogens with zero attached hydrogens (tertiary/aromatic N) is 3. The Morgan fingerprint density at radius 2 is 1.76 bits per heavy atom. The second kappa shape index (κ2) is 12.5. The molecule has 3 aliphatic heterocycles. The number of aliphatic hydroxyl groups excluding tert-OH is 1. The number of benzene rings is 1. The van der Waals surface area contributed by atoms with E-state index >= 15 is 0 Å². The second-order valence-corrected chi connectivity index (χ2v) is 16.3. The summed E-state index contributed by atoms with van der Waals surface area (Å²) in [6.45, 7) is 19.3. The van der Waals surface area contributed by atoms with Gasteiger partial charge in [0, 0.05) is 47.5 Å². The fourth-order valence-corrected chi connectivity index (χ4v) is 11.3. The maximum absolute atomic E-state index is 14.8. The molecule has 3 fully saturated rings. The zero-order valence-corrected chi connectivity index (χ0v) is 28.0. The highest BCUT2D eigenvalue weighted by atomic mass is 79.9. The summed E-state index contributed by atoms with van der Waals surface area (Å²) in [7, 11) is 0. The van der Waals surface area contributed by atoms with E-state index in [0.717, 1.165) is 12.1 Å². The molecule has 0 saturated carbocycles. The third-order valence-corrected chi connectivity index (χ3v) is 12.0. The van der Waals surface area contributed by atoms with Gasteiger partial charge in [0.2, 0.25) is 17.7 Å². The Bertz CT molecular complexity index is 1200. The second-order valence-electron chi connectivity index (χ2n) is 13.6. The normalized spacial score (nSPS) is 28.5. The minimum absolute atomic E-state index is 0.0228. The number of halogens is 1. The van der Waals surface area contributed by atoms with Crippen molar-refractivity contribution in [3.8, 4) is 0 Å². The highest BCUT2D eigenvalue weighted by Gasteiger charge is 2.76. The van der Waals surface area contributed by atoms with Crippen LogP contribution in [0.5, 0.6) is 0 Å². The van der Waals surface area contributed by atoms with E-state index in [0.29, 0.717) is 25.9 Å². The molecule has 3 unspecified atom stereocenters. The van der Waals surface area contributed by atoms with Gasteiger partial charge in [-0.25, -0.2) is 0 Å². The molecule has 1 aromatic carbocycles. The third-order valence-electron chi connectivity index (χ3n) is 8.78. The number of rotatable bonds is 12. The zero-order chi connectivity index (χ0) is 31.0. The van der Waals surface area contributed by atoms with Crippen molar-refractivity contribution in [2.24, 2.45) is 17.3 Å². The first-order chi connectivity index (χ1) is 19.7. The number of fused-ring (bicyclic) bond motifs is 1. The van der Waals surface area contributed by atoms with Gasteiger partial charge >= 0.3 is 0 Å². The molecule has 3 aliphatic rings. The molecule has 230 valence electrons. The molecule has 0 aromatic heterocycles. The number of para-hydroxylation sites is 1. The molecule has 1 N–H and O–H groups in total. The van der Waals surface area contributed by atoms with Gasteiger partial charge in [0.1, 0.15) is 6.04 Å². The van der Waals surface area contributed by atoms with E-state index < -0.39 is 28.2 Å². The van der Waals surface area contributed by atoms with E-state index in [1.54, 1.807) is 33.7 Å². The number of thioether (sulfide) groups is 1. The van der Waals surface area contributed by atoms with Crippen molar-refractivity contribution < 1.29 is 19.5 Å². The van der Waals surface area contributed by atoms with Crippen LogP contribution in [-0.4, -0.2) is 85.3 Å². The van der Waals surface area contributed by atoms with Gasteiger partial charge in [-0.1, -0.05) is 67.1 Å². The summed E-state index contributed by atoms with van der Waals surface area (Å²) in [4.78, 5) is 48.9. The molecule has 3 saturated heterocycles. The van der Waals surface area contributed by atoms with Gasteiger partial charge in [0.05, 0.1) is 16.6 Å². The van der Waals surface area contributed by atoms with E-state index in [4.69, 9.17) is 0 Å². The lowest BCUT2D eigenvalue weighted by molar-refractivity contribution is -0.146. The fraction of sp³-hybridized carbons (Fsp3) is 0.606. The SMILES string of the molecule is C=CCN(C(=O)[C@H]1[C@H]2C(=O)N(CCCO)C(C(=O)N(CC=C)C(C)(C)CC(C)(C)C)C23CC(Br)[C@@H]1S3)c1ccccc1. The van der Waals surface area contributed by atoms with Gasteiger partial charge in [-0.3, -0.25) is 14.4 Å². The number of carbonyl (C=O) groups is 3. The van der Waals surface area contributed by atoms with Crippen molar-refractivity contribution in [1.29, 1.82) is 0 Å². The van der Waals surface area contributed by atoms with E-state index in [-0.39, 0.29) is 46.4 Å². The molecule has 3 heterocycles. The van der Waals surface area contributed by atoms with Gasteiger partial charge in [-0.05, 0) is 50.7 Å². The van der Waals surface area contributed by atoms with E-state index in [1.807, 2.05) is 35.2 Å². The molecular weight excluding hydrogens is 614 g/mol. The monoisotopic (exact) mass is 659 g/mol. The van der Waals surface area contributed by atoms with Crippen LogP contribution in [0, 0.1) is 17.3 Å². The Hall–Kier alpha value is -2.10. The van der Waals surface area contributed by atoms with E-state index in [9.17, 15) is 19.5 Å². The molecule has 0 radical (unpaired) electrons. The molecule has 3 amide bonds. The maximum Gasteiger partial charge on any atom is 0.247 e. The smallest absolute Gasteiger partial charge is 0.247 e. The summed E-state index contributed by atoms with van der Waals surface area (Å²) in [5.74, 6) is -1.60. The Balaban J connectivity index is 1.80. The van der Waals surface area contributed by atoms with E-state index in [1.165, 1.54) is 0 Å². The predicted molar refractivity (Wildman–Crippen MR) is 175 cm³/mol. The van der Waals surface area contributed by atoms with Crippen molar-refractivity contribution in [3.63, 3.8) is 0 Å². The average Bonchev–Trinajstić information content (AvgIpc) is 3.50. The van der Waals surface area contributed by atoms with Crippen LogP contribution in [0.3, 0.4) is 0 Å². The molecule has 9 heteroatoms. The topological polar surface area (TPSA) is 81.2 Å². The molecule has 1 aromatic rings. The number of alkyl halides is 1. The first-order valence-corrected chi connectivity index (χ1v) is 16.7. The van der Waals surface area contributed by atoms with Crippen molar-refractivity contribution in [3.05, 3.63) is 55.6 Å². The summed E-state index contributed by atoms with van der Waals surface area (Å²) in [6.07, 6.45) is 5.19. The molecule has 7 nitrogen and oxygen atoms in total. The Morgan fingerprint density at radius 1 is 1.12 bits per heavy atom. The van der Waals surface area contributed by atoms with Gasteiger partial charge < -0.3 is 19.8 Å². The molecule has 42 heavy (non-hydrogen) atoms. The van der Waals surface area contributed by atoms with Gasteiger partial charge in [0.15, 0.2) is 0 Å². The molecule has 0 aliphatic carbocycles. The highest BCUT2D eigenvalue weighted by Crippen LogP contribution is 2.68. The van der Waals surface area contributed by atoms with Crippen LogP contribution in [0.15, 0.2) is 55.6 Å². The Kier molecular flexibility index (Phi) is 9.75. The highest BCUT2D eigenvalue weighted by molar-refractivity contribution is 9.09. The average molecular weight is 661 g/mol. The summed E-state index contributed by atoms with van der Waals surface area (Å²) < 4.78 is -0.753. The van der Waals surface area contributed by atoms with Crippen LogP contribution in [0.2, 0.25) is 0 Å². The molecule has 2 bridgehead atoms. The number of amides is 3. The number of carbonyl (C=O) groups excluding carboxylic acids is 3. The Labute approximate surface area is 263 Å². The lowest BCUT2D eigenvalue weighted by Gasteiger charge is -2.46. The maximum atomic E-state index is 14.8. The predicted octanol–water partition coefficient (Wildman–Crippen LogP) is 5.28. The number of anilines is 1. The lowest BCUT2D eigenvalue weighted by atomic mass is 9.70. The minimum Gasteiger partial charge on any atom is -0.396 e. The number of likely N-dealkylation sites (tertiary alicyclic amines) is 1. The van der Waals surface area contributed by atoms with Crippen molar-refractivity contribution in [2.75, 3.05) is 31.1 Å². The van der Waals surface area contributed by atoms with Crippen molar-refractivity contribution in [1.82, 2.24) is 9.80 Å². The zero-order valence-electron chi connectivity index (χ0n) is 25.6. The van der Waals surface area contributed by atoms with Crippen molar-refractivity contribution in [2.45, 2.75) is 80.3 Å². The quantitative estimate of drug-likeness (QED) is 0.244. The van der Waals surface area contributed by atoms with Crippen LogP contribution in [0.4, 0.5) is 5.69 Å². The standard InChI is InChI=1S/C33H46BrN3O4S/c1-8-16-35(22-14-11-10-12-15-22)28(39)24-25-29(40)36(18-13-19-38)27(33(25)20-23(34)26(24)42-33)30(41)37(17-9-2)32(6,7)21-31(3,4)5/h8-12,14-15,23-27,38H,1-2,13,16-21H2,3-7H3/t23?,24-,25-,26-,27?,33?/m0/s1. The first-order valence-electron chi connectivity index (χ1n) is 14.9. The van der Waals surface area contributed by atoms with Gasteiger partial charge in [-0.2, -0.15) is 0 Å². The van der Waals surface area contributed by atoms with Crippen LogP contribution in [0.1, 0.15) is 53.9 Å².